The van der Waals surface area contributed by atoms with Crippen LogP contribution in [0.1, 0.15) is 13.3 Å². The molecule has 7 nitrogen and oxygen atoms in total. The number of H-pyrrole nitrogens is 1. The van der Waals surface area contributed by atoms with Crippen molar-refractivity contribution in [1.82, 2.24) is 15.3 Å². The summed E-state index contributed by atoms with van der Waals surface area (Å²) in [6.45, 7) is 1.77. The van der Waals surface area contributed by atoms with E-state index in [0.29, 0.717) is 17.9 Å². The number of rotatable bonds is 3. The first-order valence-corrected chi connectivity index (χ1v) is 6.30. The van der Waals surface area contributed by atoms with E-state index in [2.05, 4.69) is 20.6 Å². The third kappa shape index (κ3) is 1.93. The Morgan fingerprint density at radius 2 is 2.20 bits per heavy atom. The van der Waals surface area contributed by atoms with E-state index in [0.717, 1.165) is 16.9 Å². The number of carbonyl (C=O) groups is 1. The number of aromatic amines is 1. The third-order valence-electron chi connectivity index (χ3n) is 3.15. The van der Waals surface area contributed by atoms with Crippen molar-refractivity contribution in [2.24, 2.45) is 7.05 Å². The van der Waals surface area contributed by atoms with Gasteiger partial charge in [-0.05, 0) is 22.4 Å². The monoisotopic (exact) mass is 272 g/mol. The van der Waals surface area contributed by atoms with Crippen LogP contribution in [0, 0.1) is 0 Å². The van der Waals surface area contributed by atoms with Gasteiger partial charge in [0.1, 0.15) is 0 Å². The standard InChI is InChI=1S/C13H13N5O2/c1-3-10(19)15-12-11(16-20-17-12)13-14-8-6-4-5-7-9(8)18(13)2/h4-7H,3H2,1-2H3,(H,15,17,19)/p+1. The normalized spacial score (nSPS) is 10.9. The van der Waals surface area contributed by atoms with Gasteiger partial charge in [-0.2, -0.15) is 0 Å². The van der Waals surface area contributed by atoms with Crippen LogP contribution in [-0.2, 0) is 11.8 Å². The second kappa shape index (κ2) is 4.76. The lowest BCUT2D eigenvalue weighted by atomic mass is 10.3. The molecule has 2 aromatic heterocycles. The Bertz CT molecular complexity index is 774. The smallest absolute Gasteiger partial charge is 0.306 e. The minimum absolute atomic E-state index is 0.138. The summed E-state index contributed by atoms with van der Waals surface area (Å²) in [7, 11) is 1.91. The maximum Gasteiger partial charge on any atom is 0.313 e. The number of para-hydroxylation sites is 2. The molecule has 3 rings (SSSR count). The molecule has 0 spiro atoms. The molecule has 2 N–H and O–H groups in total. The van der Waals surface area contributed by atoms with E-state index in [1.54, 1.807) is 6.92 Å². The number of benzene rings is 1. The molecule has 0 atom stereocenters. The summed E-state index contributed by atoms with van der Waals surface area (Å²) in [5.74, 6) is 0.901. The average Bonchev–Trinajstić information content (AvgIpc) is 3.04. The number of nitrogens with zero attached hydrogens (tertiary/aromatic N) is 3. The van der Waals surface area contributed by atoms with Gasteiger partial charge in [0.25, 0.3) is 0 Å². The van der Waals surface area contributed by atoms with Gasteiger partial charge in [-0.25, -0.2) is 14.2 Å². The zero-order valence-corrected chi connectivity index (χ0v) is 11.2. The number of aryl methyl sites for hydroxylation is 1. The van der Waals surface area contributed by atoms with E-state index in [-0.39, 0.29) is 5.91 Å². The second-order valence-electron chi connectivity index (χ2n) is 4.41. The number of fused-ring (bicyclic) bond motifs is 1. The molecule has 7 heteroatoms. The maximum atomic E-state index is 11.5. The number of amides is 1. The number of aromatic nitrogens is 4. The molecule has 20 heavy (non-hydrogen) atoms. The van der Waals surface area contributed by atoms with Crippen LogP contribution in [0.4, 0.5) is 5.82 Å². The Labute approximate surface area is 114 Å². The minimum atomic E-state index is -0.138. The molecule has 0 aliphatic carbocycles. The summed E-state index contributed by atoms with van der Waals surface area (Å²) in [6.07, 6.45) is 0.366. The van der Waals surface area contributed by atoms with Gasteiger partial charge in [0.15, 0.2) is 11.0 Å². The fraction of sp³-hybridized carbons (Fsp3) is 0.231. The first-order valence-electron chi connectivity index (χ1n) is 6.30. The lowest BCUT2D eigenvalue weighted by Gasteiger charge is -1.97. The molecule has 2 heterocycles. The lowest BCUT2D eigenvalue weighted by molar-refractivity contribution is -0.633. The lowest BCUT2D eigenvalue weighted by Crippen LogP contribution is -2.29. The summed E-state index contributed by atoms with van der Waals surface area (Å²) >= 11 is 0. The maximum absolute atomic E-state index is 11.5. The predicted molar refractivity (Wildman–Crippen MR) is 71.7 cm³/mol. The van der Waals surface area contributed by atoms with Gasteiger partial charge < -0.3 is 5.32 Å². The molecule has 0 bridgehead atoms. The number of hydrogen-bond acceptors (Lipinski definition) is 4. The van der Waals surface area contributed by atoms with Gasteiger partial charge >= 0.3 is 5.82 Å². The van der Waals surface area contributed by atoms with E-state index in [4.69, 9.17) is 4.63 Å². The first kappa shape index (κ1) is 12.3. The largest absolute Gasteiger partial charge is 0.313 e. The minimum Gasteiger partial charge on any atom is -0.306 e. The average molecular weight is 272 g/mol. The highest BCUT2D eigenvalue weighted by Gasteiger charge is 2.25. The Kier molecular flexibility index (Phi) is 2.94. The van der Waals surface area contributed by atoms with Crippen LogP contribution in [-0.4, -0.2) is 21.2 Å². The topological polar surface area (TPSA) is 87.7 Å². The predicted octanol–water partition coefficient (Wildman–Crippen LogP) is 1.39. The van der Waals surface area contributed by atoms with Crippen molar-refractivity contribution in [2.45, 2.75) is 13.3 Å². The van der Waals surface area contributed by atoms with Crippen molar-refractivity contribution in [2.75, 3.05) is 5.32 Å². The van der Waals surface area contributed by atoms with E-state index in [9.17, 15) is 4.79 Å². The van der Waals surface area contributed by atoms with Gasteiger partial charge in [-0.3, -0.25) is 4.79 Å². The highest BCUT2D eigenvalue weighted by atomic mass is 16.6. The van der Waals surface area contributed by atoms with Gasteiger partial charge in [0.2, 0.25) is 17.4 Å². The highest BCUT2D eigenvalue weighted by Crippen LogP contribution is 2.22. The summed E-state index contributed by atoms with van der Waals surface area (Å²) in [5, 5.41) is 10.3. The van der Waals surface area contributed by atoms with Crippen molar-refractivity contribution >= 4 is 22.8 Å². The van der Waals surface area contributed by atoms with Crippen LogP contribution in [0.3, 0.4) is 0 Å². The molecule has 0 saturated carbocycles. The van der Waals surface area contributed by atoms with E-state index in [1.165, 1.54) is 0 Å². The van der Waals surface area contributed by atoms with Crippen molar-refractivity contribution in [3.63, 3.8) is 0 Å². The van der Waals surface area contributed by atoms with Crippen LogP contribution < -0.4 is 9.88 Å². The third-order valence-corrected chi connectivity index (χ3v) is 3.15. The van der Waals surface area contributed by atoms with Crippen molar-refractivity contribution in [3.8, 4) is 11.5 Å². The molecule has 0 saturated heterocycles. The molecular weight excluding hydrogens is 258 g/mol. The Morgan fingerprint density at radius 1 is 1.40 bits per heavy atom. The molecule has 3 aromatic rings. The number of imidazole rings is 1. The number of hydrogen-bond donors (Lipinski definition) is 2. The van der Waals surface area contributed by atoms with Crippen LogP contribution in [0.2, 0.25) is 0 Å². The summed E-state index contributed by atoms with van der Waals surface area (Å²) in [5.41, 5.74) is 2.48. The Balaban J connectivity index is 2.10. The van der Waals surface area contributed by atoms with Crippen molar-refractivity contribution < 1.29 is 14.0 Å². The summed E-state index contributed by atoms with van der Waals surface area (Å²) in [4.78, 5) is 14.7. The van der Waals surface area contributed by atoms with E-state index < -0.39 is 0 Å². The molecule has 0 fully saturated rings. The Morgan fingerprint density at radius 3 is 2.95 bits per heavy atom. The zero-order valence-electron chi connectivity index (χ0n) is 11.2. The van der Waals surface area contributed by atoms with E-state index in [1.807, 2.05) is 35.9 Å². The van der Waals surface area contributed by atoms with Gasteiger partial charge in [-0.1, -0.05) is 19.1 Å². The molecular formula is C13H14N5O2+. The fourth-order valence-electron chi connectivity index (χ4n) is 2.07. The number of anilines is 1. The molecule has 1 aromatic carbocycles. The van der Waals surface area contributed by atoms with E-state index >= 15 is 0 Å². The molecule has 0 aliphatic heterocycles. The van der Waals surface area contributed by atoms with Crippen LogP contribution >= 0.6 is 0 Å². The molecule has 0 radical (unpaired) electrons. The van der Waals surface area contributed by atoms with Crippen molar-refractivity contribution in [3.05, 3.63) is 24.3 Å². The Hall–Kier alpha value is -2.70. The first-order chi connectivity index (χ1) is 9.70. The fourth-order valence-corrected chi connectivity index (χ4v) is 2.07. The summed E-state index contributed by atoms with van der Waals surface area (Å²) in [6, 6.07) is 7.87. The summed E-state index contributed by atoms with van der Waals surface area (Å²) < 4.78 is 6.69. The van der Waals surface area contributed by atoms with Crippen molar-refractivity contribution in [1.29, 1.82) is 0 Å². The van der Waals surface area contributed by atoms with Gasteiger partial charge in [0.05, 0.1) is 7.05 Å². The molecule has 0 unspecified atom stereocenters. The van der Waals surface area contributed by atoms with Crippen LogP contribution in [0.15, 0.2) is 28.9 Å². The highest BCUT2D eigenvalue weighted by molar-refractivity contribution is 5.92. The van der Waals surface area contributed by atoms with Crippen LogP contribution in [0.25, 0.3) is 22.6 Å². The number of nitrogens with one attached hydrogen (secondary N) is 2. The molecule has 1 amide bonds. The second-order valence-corrected chi connectivity index (χ2v) is 4.41. The van der Waals surface area contributed by atoms with Gasteiger partial charge in [0, 0.05) is 6.42 Å². The molecule has 0 aliphatic rings. The quantitative estimate of drug-likeness (QED) is 0.705. The SMILES string of the molecule is CCC(=O)Nc1nonc1-c1[nH]c2ccccc2[n+]1C. The van der Waals surface area contributed by atoms with Crippen LogP contribution in [0.5, 0.6) is 0 Å². The van der Waals surface area contributed by atoms with Gasteiger partial charge in [-0.15, -0.1) is 0 Å². The zero-order chi connectivity index (χ0) is 14.1. The number of carbonyl (C=O) groups excluding carboxylic acids is 1. The molecule has 102 valence electrons.